The molecule has 29 heavy (non-hydrogen) atoms. The van der Waals surface area contributed by atoms with Gasteiger partial charge < -0.3 is 14.8 Å². The van der Waals surface area contributed by atoms with E-state index in [0.717, 1.165) is 24.9 Å². The van der Waals surface area contributed by atoms with Crippen molar-refractivity contribution >= 4 is 11.9 Å². The van der Waals surface area contributed by atoms with Crippen molar-refractivity contribution in [2.45, 2.75) is 39.0 Å². The molecule has 0 aliphatic heterocycles. The third-order valence-corrected chi connectivity index (χ3v) is 4.68. The number of carbonyl (C=O) groups is 2. The molecule has 0 saturated carbocycles. The highest BCUT2D eigenvalue weighted by Gasteiger charge is 2.21. The van der Waals surface area contributed by atoms with Gasteiger partial charge in [-0.15, -0.1) is 0 Å². The summed E-state index contributed by atoms with van der Waals surface area (Å²) in [5, 5.41) is 7.14. The van der Waals surface area contributed by atoms with Crippen LogP contribution >= 0.6 is 0 Å². The highest BCUT2D eigenvalue weighted by molar-refractivity contribution is 5.90. The van der Waals surface area contributed by atoms with Gasteiger partial charge in [0.1, 0.15) is 0 Å². The first-order valence-electron chi connectivity index (χ1n) is 10.1. The lowest BCUT2D eigenvalue weighted by molar-refractivity contribution is -0.123. The highest BCUT2D eigenvalue weighted by atomic mass is 16.5. The maximum Gasteiger partial charge on any atom is 0.362 e. The van der Waals surface area contributed by atoms with Crippen molar-refractivity contribution < 1.29 is 19.1 Å². The van der Waals surface area contributed by atoms with Crippen LogP contribution in [-0.4, -0.2) is 41.4 Å². The Balaban J connectivity index is 1.59. The highest BCUT2D eigenvalue weighted by Crippen LogP contribution is 2.21. The summed E-state index contributed by atoms with van der Waals surface area (Å²) in [6.45, 7) is 2.35. The molecule has 3 rings (SSSR count). The Morgan fingerprint density at radius 2 is 2.03 bits per heavy atom. The molecule has 2 aromatic rings. The largest absolute Gasteiger partial charge is 0.480 e. The Morgan fingerprint density at radius 1 is 1.21 bits per heavy atom. The van der Waals surface area contributed by atoms with Gasteiger partial charge in [0.2, 0.25) is 5.69 Å². The van der Waals surface area contributed by atoms with E-state index in [4.69, 9.17) is 9.47 Å². The standard InChI is InChI=1S/C22H27N3O4/c1-2-28-22(27)21-19(15-25(24-21)18-11-7-4-8-12-18)29-16-20(26)23-14-13-17-9-5-3-6-10-17/h4,7-9,11-12,15H,2-3,5-6,10,13-14,16H2,1H3,(H,23,26). The van der Waals surface area contributed by atoms with Crippen LogP contribution in [0.25, 0.3) is 5.69 Å². The third kappa shape index (κ3) is 5.94. The first-order valence-corrected chi connectivity index (χ1v) is 10.1. The second-order valence-electron chi connectivity index (χ2n) is 6.84. The first-order chi connectivity index (χ1) is 14.2. The lowest BCUT2D eigenvalue weighted by Crippen LogP contribution is -2.30. The quantitative estimate of drug-likeness (QED) is 0.518. The second kappa shape index (κ2) is 10.5. The number of esters is 1. The van der Waals surface area contributed by atoms with E-state index in [2.05, 4.69) is 16.5 Å². The van der Waals surface area contributed by atoms with Gasteiger partial charge in [-0.3, -0.25) is 4.79 Å². The predicted molar refractivity (Wildman–Crippen MR) is 109 cm³/mol. The van der Waals surface area contributed by atoms with Gasteiger partial charge in [0.25, 0.3) is 5.91 Å². The summed E-state index contributed by atoms with van der Waals surface area (Å²) < 4.78 is 12.2. The number of rotatable bonds is 9. The number of allylic oxidation sites excluding steroid dienone is 1. The van der Waals surface area contributed by atoms with E-state index in [0.29, 0.717) is 6.54 Å². The molecule has 0 atom stereocenters. The van der Waals surface area contributed by atoms with Crippen LogP contribution < -0.4 is 10.1 Å². The van der Waals surface area contributed by atoms with Gasteiger partial charge in [0, 0.05) is 6.54 Å². The van der Waals surface area contributed by atoms with Crippen molar-refractivity contribution in [2.24, 2.45) is 0 Å². The first kappa shape index (κ1) is 20.6. The minimum Gasteiger partial charge on any atom is -0.480 e. The molecule has 1 amide bonds. The molecular weight excluding hydrogens is 370 g/mol. The number of hydrogen-bond acceptors (Lipinski definition) is 5. The summed E-state index contributed by atoms with van der Waals surface area (Å²) in [5.41, 5.74) is 2.24. The zero-order chi connectivity index (χ0) is 20.5. The van der Waals surface area contributed by atoms with Crippen LogP contribution in [0.4, 0.5) is 0 Å². The van der Waals surface area contributed by atoms with Gasteiger partial charge in [-0.25, -0.2) is 9.48 Å². The Kier molecular flexibility index (Phi) is 7.44. The molecule has 0 saturated heterocycles. The fourth-order valence-electron chi connectivity index (χ4n) is 3.21. The van der Waals surface area contributed by atoms with Crippen LogP contribution in [-0.2, 0) is 9.53 Å². The minimum absolute atomic E-state index is 0.0517. The molecule has 0 radical (unpaired) electrons. The van der Waals surface area contributed by atoms with Crippen LogP contribution in [0.5, 0.6) is 5.75 Å². The van der Waals surface area contributed by atoms with E-state index in [1.807, 2.05) is 30.3 Å². The molecule has 7 nitrogen and oxygen atoms in total. The number of nitrogens with one attached hydrogen (secondary N) is 1. The summed E-state index contributed by atoms with van der Waals surface area (Å²) in [7, 11) is 0. The van der Waals surface area contributed by atoms with Crippen molar-refractivity contribution in [3.8, 4) is 11.4 Å². The van der Waals surface area contributed by atoms with Crippen molar-refractivity contribution in [2.75, 3.05) is 19.8 Å². The molecule has 0 unspecified atom stereocenters. The Hall–Kier alpha value is -3.09. The van der Waals surface area contributed by atoms with Crippen LogP contribution in [0.2, 0.25) is 0 Å². The molecule has 0 fully saturated rings. The predicted octanol–water partition coefficient (Wildman–Crippen LogP) is 3.43. The molecular formula is C22H27N3O4. The lowest BCUT2D eigenvalue weighted by Gasteiger charge is -2.13. The van der Waals surface area contributed by atoms with Crippen molar-refractivity contribution in [3.05, 3.63) is 53.9 Å². The van der Waals surface area contributed by atoms with E-state index in [-0.39, 0.29) is 30.6 Å². The van der Waals surface area contributed by atoms with Gasteiger partial charge >= 0.3 is 5.97 Å². The number of benzene rings is 1. The van der Waals surface area contributed by atoms with E-state index in [9.17, 15) is 9.59 Å². The van der Waals surface area contributed by atoms with Crippen molar-refractivity contribution in [1.29, 1.82) is 0 Å². The molecule has 1 N–H and O–H groups in total. The number of amides is 1. The summed E-state index contributed by atoms with van der Waals surface area (Å²) >= 11 is 0. The Bertz CT molecular complexity index is 858. The lowest BCUT2D eigenvalue weighted by atomic mass is 9.97. The van der Waals surface area contributed by atoms with Gasteiger partial charge in [0.15, 0.2) is 12.4 Å². The van der Waals surface area contributed by atoms with Crippen molar-refractivity contribution in [1.82, 2.24) is 15.1 Å². The molecule has 0 bridgehead atoms. The zero-order valence-corrected chi connectivity index (χ0v) is 16.7. The molecule has 7 heteroatoms. The van der Waals surface area contributed by atoms with E-state index in [1.54, 1.807) is 13.1 Å². The summed E-state index contributed by atoms with van der Waals surface area (Å²) in [6.07, 6.45) is 9.46. The average Bonchev–Trinajstić information content (AvgIpc) is 3.18. The number of para-hydroxylation sites is 1. The minimum atomic E-state index is -0.582. The fourth-order valence-corrected chi connectivity index (χ4v) is 3.21. The van der Waals surface area contributed by atoms with Crippen molar-refractivity contribution in [3.63, 3.8) is 0 Å². The Labute approximate surface area is 170 Å². The molecule has 1 aromatic carbocycles. The number of ether oxygens (including phenoxy) is 2. The SMILES string of the molecule is CCOC(=O)c1nn(-c2ccccc2)cc1OCC(=O)NCCC1=CCCCC1. The number of hydrogen-bond donors (Lipinski definition) is 1. The van der Waals surface area contributed by atoms with Gasteiger partial charge in [-0.2, -0.15) is 5.10 Å². The molecule has 1 heterocycles. The normalized spacial score (nSPS) is 13.5. The maximum atomic E-state index is 12.2. The van der Waals surface area contributed by atoms with Crippen LogP contribution in [0.3, 0.4) is 0 Å². The number of aromatic nitrogens is 2. The van der Waals surface area contributed by atoms with Gasteiger partial charge in [0.05, 0.1) is 18.5 Å². The molecule has 1 aliphatic rings. The summed E-state index contributed by atoms with van der Waals surface area (Å²) in [5.74, 6) is -0.594. The average molecular weight is 397 g/mol. The van der Waals surface area contributed by atoms with Crippen LogP contribution in [0, 0.1) is 0 Å². The van der Waals surface area contributed by atoms with Gasteiger partial charge in [-0.05, 0) is 51.2 Å². The molecule has 154 valence electrons. The number of nitrogens with zero attached hydrogens (tertiary/aromatic N) is 2. The van der Waals surface area contributed by atoms with E-state index < -0.39 is 5.97 Å². The number of carbonyl (C=O) groups excluding carboxylic acids is 2. The van der Waals surface area contributed by atoms with Crippen LogP contribution in [0.1, 0.15) is 49.5 Å². The molecule has 1 aliphatic carbocycles. The summed E-state index contributed by atoms with van der Waals surface area (Å²) in [6, 6.07) is 9.36. The zero-order valence-electron chi connectivity index (χ0n) is 16.7. The smallest absolute Gasteiger partial charge is 0.362 e. The fraction of sp³-hybridized carbons (Fsp3) is 0.409. The van der Waals surface area contributed by atoms with Gasteiger partial charge in [-0.1, -0.05) is 29.8 Å². The third-order valence-electron chi connectivity index (χ3n) is 4.68. The Morgan fingerprint density at radius 3 is 2.76 bits per heavy atom. The second-order valence-corrected chi connectivity index (χ2v) is 6.84. The monoisotopic (exact) mass is 397 g/mol. The maximum absolute atomic E-state index is 12.2. The summed E-state index contributed by atoms with van der Waals surface area (Å²) in [4.78, 5) is 24.4. The molecule has 1 aromatic heterocycles. The van der Waals surface area contributed by atoms with Crippen LogP contribution in [0.15, 0.2) is 48.2 Å². The van der Waals surface area contributed by atoms with E-state index >= 15 is 0 Å². The molecule has 0 spiro atoms. The van der Waals surface area contributed by atoms with E-state index in [1.165, 1.54) is 23.1 Å². The topological polar surface area (TPSA) is 82.4 Å².